The normalized spacial score (nSPS) is 15.7. The van der Waals surface area contributed by atoms with Crippen molar-refractivity contribution in [2.75, 3.05) is 5.32 Å². The van der Waals surface area contributed by atoms with Gasteiger partial charge >= 0.3 is 0 Å². The molecular formula is C21H17ClFN3O2S. The predicted molar refractivity (Wildman–Crippen MR) is 112 cm³/mol. The fraction of sp³-hybridized carbons (Fsp3) is 0.190. The van der Waals surface area contributed by atoms with Crippen LogP contribution >= 0.6 is 23.4 Å². The maximum absolute atomic E-state index is 13.9. The Bertz CT molecular complexity index is 1160. The zero-order chi connectivity index (χ0) is 20.5. The van der Waals surface area contributed by atoms with Crippen molar-refractivity contribution in [2.24, 2.45) is 7.05 Å². The van der Waals surface area contributed by atoms with Crippen LogP contribution in [0.1, 0.15) is 29.0 Å². The van der Waals surface area contributed by atoms with Gasteiger partial charge in [-0.25, -0.2) is 4.39 Å². The maximum Gasteiger partial charge on any atom is 0.279 e. The van der Waals surface area contributed by atoms with E-state index < -0.39 is 11.5 Å². The van der Waals surface area contributed by atoms with Crippen molar-refractivity contribution in [3.05, 3.63) is 86.4 Å². The Morgan fingerprint density at radius 1 is 1.24 bits per heavy atom. The number of nitrogens with one attached hydrogen (secondary N) is 1. The topological polar surface area (TPSA) is 64.0 Å². The van der Waals surface area contributed by atoms with Crippen LogP contribution in [0.2, 0.25) is 5.02 Å². The summed E-state index contributed by atoms with van der Waals surface area (Å²) in [4.78, 5) is 29.5. The number of amides is 1. The van der Waals surface area contributed by atoms with Crippen LogP contribution in [0.4, 0.5) is 10.2 Å². The number of anilines is 1. The van der Waals surface area contributed by atoms with E-state index in [4.69, 9.17) is 11.6 Å². The third-order valence-electron chi connectivity index (χ3n) is 4.87. The molecule has 0 radical (unpaired) electrons. The maximum atomic E-state index is 13.9. The van der Waals surface area contributed by atoms with Crippen LogP contribution in [-0.2, 0) is 17.6 Å². The van der Waals surface area contributed by atoms with E-state index in [1.165, 1.54) is 17.8 Å². The first kappa shape index (κ1) is 19.7. The lowest BCUT2D eigenvalue weighted by Gasteiger charge is -2.27. The molecule has 148 valence electrons. The van der Waals surface area contributed by atoms with Crippen molar-refractivity contribution in [1.29, 1.82) is 0 Å². The zero-order valence-corrected chi connectivity index (χ0v) is 17.1. The summed E-state index contributed by atoms with van der Waals surface area (Å²) in [6.45, 7) is 0. The molecule has 1 aliphatic rings. The van der Waals surface area contributed by atoms with E-state index in [2.05, 4.69) is 10.3 Å². The van der Waals surface area contributed by atoms with Gasteiger partial charge in [0, 0.05) is 30.2 Å². The summed E-state index contributed by atoms with van der Waals surface area (Å²) in [6, 6.07) is 13.6. The van der Waals surface area contributed by atoms with Gasteiger partial charge in [-0.3, -0.25) is 9.59 Å². The fourth-order valence-electron chi connectivity index (χ4n) is 3.43. The smallest absolute Gasteiger partial charge is 0.279 e. The van der Waals surface area contributed by atoms with Gasteiger partial charge in [-0.05, 0) is 29.3 Å². The second-order valence-corrected chi connectivity index (χ2v) is 8.14. The number of benzene rings is 2. The molecule has 3 aromatic rings. The molecule has 0 aliphatic carbocycles. The van der Waals surface area contributed by atoms with Crippen molar-refractivity contribution >= 4 is 35.1 Å². The van der Waals surface area contributed by atoms with Crippen LogP contribution < -0.4 is 10.9 Å². The standard InChI is InChI=1S/C21H17ClFN3O2S/c1-26-19-18(15(10-17(27)24-19)12-6-4-7-14(22)9-12)20(28)25-21(26)29-11-13-5-2-3-8-16(13)23/h2-9,15H,10-11H2,1H3,(H,24,27). The highest BCUT2D eigenvalue weighted by Crippen LogP contribution is 2.36. The molecule has 0 bridgehead atoms. The van der Waals surface area contributed by atoms with Crippen LogP contribution in [-0.4, -0.2) is 15.5 Å². The average Bonchev–Trinajstić information content (AvgIpc) is 2.70. The number of hydrogen-bond acceptors (Lipinski definition) is 4. The predicted octanol–water partition coefficient (Wildman–Crippen LogP) is 4.34. The zero-order valence-electron chi connectivity index (χ0n) is 15.5. The van der Waals surface area contributed by atoms with Gasteiger partial charge in [0.15, 0.2) is 5.16 Å². The molecule has 8 heteroatoms. The number of halogens is 2. The number of carbonyl (C=O) groups is 1. The largest absolute Gasteiger partial charge is 0.312 e. The van der Waals surface area contributed by atoms with Crippen LogP contribution in [0.5, 0.6) is 0 Å². The number of carbonyl (C=O) groups excluding carboxylic acids is 1. The first-order valence-corrected chi connectivity index (χ1v) is 10.3. The third-order valence-corrected chi connectivity index (χ3v) is 6.18. The third kappa shape index (κ3) is 3.93. The molecule has 29 heavy (non-hydrogen) atoms. The van der Waals surface area contributed by atoms with Gasteiger partial charge < -0.3 is 9.88 Å². The van der Waals surface area contributed by atoms with E-state index in [-0.39, 0.29) is 18.1 Å². The van der Waals surface area contributed by atoms with Gasteiger partial charge in [-0.1, -0.05) is 53.7 Å². The van der Waals surface area contributed by atoms with Gasteiger partial charge in [0.25, 0.3) is 5.56 Å². The van der Waals surface area contributed by atoms with E-state index in [0.717, 1.165) is 5.56 Å². The molecule has 1 atom stereocenters. The molecule has 0 saturated heterocycles. The summed E-state index contributed by atoms with van der Waals surface area (Å²) in [5.74, 6) is -0.181. The van der Waals surface area contributed by atoms with E-state index >= 15 is 0 Å². The minimum absolute atomic E-state index is 0.145. The second kappa shape index (κ2) is 8.00. The minimum Gasteiger partial charge on any atom is -0.312 e. The Morgan fingerprint density at radius 3 is 2.79 bits per heavy atom. The SMILES string of the molecule is Cn1c(SCc2ccccc2F)nc(=O)c2c1NC(=O)CC2c1cccc(Cl)c1. The molecular weight excluding hydrogens is 413 g/mol. The molecule has 2 aromatic carbocycles. The lowest BCUT2D eigenvalue weighted by Crippen LogP contribution is -2.33. The summed E-state index contributed by atoms with van der Waals surface area (Å²) < 4.78 is 15.6. The van der Waals surface area contributed by atoms with Crippen molar-refractivity contribution in [3.63, 3.8) is 0 Å². The molecule has 5 nitrogen and oxygen atoms in total. The number of thioether (sulfide) groups is 1. The number of nitrogens with zero attached hydrogens (tertiary/aromatic N) is 2. The molecule has 1 aromatic heterocycles. The number of rotatable bonds is 4. The lowest BCUT2D eigenvalue weighted by molar-refractivity contribution is -0.116. The second-order valence-electron chi connectivity index (χ2n) is 6.76. The molecule has 1 amide bonds. The van der Waals surface area contributed by atoms with Crippen LogP contribution in [0.15, 0.2) is 58.5 Å². The lowest BCUT2D eigenvalue weighted by atomic mass is 9.87. The highest BCUT2D eigenvalue weighted by Gasteiger charge is 2.32. The first-order chi connectivity index (χ1) is 13.9. The summed E-state index contributed by atoms with van der Waals surface area (Å²) >= 11 is 7.34. The molecule has 0 spiro atoms. The molecule has 1 aliphatic heterocycles. The van der Waals surface area contributed by atoms with Crippen molar-refractivity contribution < 1.29 is 9.18 Å². The van der Waals surface area contributed by atoms with E-state index in [9.17, 15) is 14.0 Å². The van der Waals surface area contributed by atoms with Crippen LogP contribution in [0, 0.1) is 5.82 Å². The average molecular weight is 430 g/mol. The minimum atomic E-state index is -0.422. The first-order valence-electron chi connectivity index (χ1n) is 8.96. The summed E-state index contributed by atoms with van der Waals surface area (Å²) in [6.07, 6.45) is 0.145. The molecule has 1 unspecified atom stereocenters. The van der Waals surface area contributed by atoms with Gasteiger partial charge in [-0.2, -0.15) is 4.98 Å². The highest BCUT2D eigenvalue weighted by molar-refractivity contribution is 7.98. The van der Waals surface area contributed by atoms with Gasteiger partial charge in [0.1, 0.15) is 11.6 Å². The number of fused-ring (bicyclic) bond motifs is 1. The summed E-state index contributed by atoms with van der Waals surface area (Å²) in [7, 11) is 1.73. The van der Waals surface area contributed by atoms with Crippen molar-refractivity contribution in [3.8, 4) is 0 Å². The Balaban J connectivity index is 1.73. The van der Waals surface area contributed by atoms with E-state index in [1.807, 2.05) is 6.07 Å². The molecule has 0 saturated carbocycles. The quantitative estimate of drug-likeness (QED) is 0.495. The Hall–Kier alpha value is -2.64. The summed E-state index contributed by atoms with van der Waals surface area (Å²) in [5, 5.41) is 3.74. The monoisotopic (exact) mass is 429 g/mol. The highest BCUT2D eigenvalue weighted by atomic mass is 35.5. The molecule has 0 fully saturated rings. The summed E-state index contributed by atoms with van der Waals surface area (Å²) in [5.41, 5.74) is 1.34. The van der Waals surface area contributed by atoms with Crippen LogP contribution in [0.25, 0.3) is 0 Å². The Morgan fingerprint density at radius 2 is 2.03 bits per heavy atom. The fourth-order valence-corrected chi connectivity index (χ4v) is 4.58. The Kier molecular flexibility index (Phi) is 5.43. The Labute approximate surface area is 175 Å². The van der Waals surface area contributed by atoms with Crippen molar-refractivity contribution in [2.45, 2.75) is 23.2 Å². The molecule has 2 heterocycles. The molecule has 4 rings (SSSR count). The van der Waals surface area contributed by atoms with Crippen LogP contribution in [0.3, 0.4) is 0 Å². The number of aromatic nitrogens is 2. The van der Waals surface area contributed by atoms with Gasteiger partial charge in [0.2, 0.25) is 5.91 Å². The number of hydrogen-bond donors (Lipinski definition) is 1. The van der Waals surface area contributed by atoms with Gasteiger partial charge in [0.05, 0.1) is 5.56 Å². The van der Waals surface area contributed by atoms with E-state index in [1.54, 1.807) is 48.0 Å². The van der Waals surface area contributed by atoms with E-state index in [0.29, 0.717) is 32.9 Å². The van der Waals surface area contributed by atoms with Crippen molar-refractivity contribution in [1.82, 2.24) is 9.55 Å². The molecule has 1 N–H and O–H groups in total. The van der Waals surface area contributed by atoms with Gasteiger partial charge in [-0.15, -0.1) is 0 Å².